The van der Waals surface area contributed by atoms with Crippen molar-refractivity contribution in [1.29, 1.82) is 0 Å². The molecule has 0 radical (unpaired) electrons. The summed E-state index contributed by atoms with van der Waals surface area (Å²) < 4.78 is 12.5. The fraction of sp³-hybridized carbons (Fsp3) is 0.167. The Morgan fingerprint density at radius 2 is 1.12 bits per heavy atom. The molecule has 0 spiro atoms. The number of ether oxygens (including phenoxy) is 2. The molecule has 4 aromatic carbocycles. The summed E-state index contributed by atoms with van der Waals surface area (Å²) >= 11 is 0. The molecule has 2 atom stereocenters. The van der Waals surface area contributed by atoms with Gasteiger partial charge < -0.3 is 14.8 Å². The lowest BCUT2D eigenvalue weighted by Gasteiger charge is -2.37. The summed E-state index contributed by atoms with van der Waals surface area (Å²) in [6.07, 6.45) is -0.141. The van der Waals surface area contributed by atoms with Gasteiger partial charge in [-0.3, -0.25) is 0 Å². The number of amides is 1. The summed E-state index contributed by atoms with van der Waals surface area (Å²) in [4.78, 5) is 12.2. The molecule has 1 aliphatic rings. The Bertz CT molecular complexity index is 1100. The van der Waals surface area contributed by atoms with Gasteiger partial charge in [0, 0.05) is 0 Å². The second-order valence-corrected chi connectivity index (χ2v) is 8.47. The molecule has 170 valence electrons. The molecule has 0 aliphatic carbocycles. The van der Waals surface area contributed by atoms with E-state index in [0.29, 0.717) is 6.42 Å². The molecule has 4 aromatic rings. The van der Waals surface area contributed by atoms with E-state index in [1.807, 2.05) is 72.8 Å². The highest BCUT2D eigenvalue weighted by atomic mass is 16.6. The Morgan fingerprint density at radius 3 is 1.59 bits per heavy atom. The maximum atomic E-state index is 12.2. The van der Waals surface area contributed by atoms with Crippen LogP contribution in [0.5, 0.6) is 0 Å². The van der Waals surface area contributed by atoms with Crippen molar-refractivity contribution < 1.29 is 14.3 Å². The third kappa shape index (κ3) is 4.45. The standard InChI is InChI=1S/C30H27NO3/c32-29-31-27(21-23-13-5-1-6-14-23)28(34-29)22-33-30(24-15-7-2-8-16-24,25-17-9-3-10-18-25)26-19-11-4-12-20-26/h1-20,27-28H,21-22H2,(H,31,32). The quantitative estimate of drug-likeness (QED) is 0.350. The minimum absolute atomic E-state index is 0.171. The number of carbonyl (C=O) groups is 1. The minimum atomic E-state index is -0.851. The number of carbonyl (C=O) groups excluding carboxylic acids is 1. The highest BCUT2D eigenvalue weighted by molar-refractivity contribution is 5.70. The van der Waals surface area contributed by atoms with Crippen LogP contribution in [-0.4, -0.2) is 24.8 Å². The van der Waals surface area contributed by atoms with Crippen molar-refractivity contribution >= 4 is 6.09 Å². The fourth-order valence-corrected chi connectivity index (χ4v) is 4.67. The van der Waals surface area contributed by atoms with E-state index < -0.39 is 17.8 Å². The molecule has 34 heavy (non-hydrogen) atoms. The third-order valence-corrected chi connectivity index (χ3v) is 6.31. The first-order chi connectivity index (χ1) is 16.8. The SMILES string of the molecule is O=C1NC(Cc2ccccc2)C(COC(c2ccccc2)(c2ccccc2)c2ccccc2)O1. The number of hydrogen-bond donors (Lipinski definition) is 1. The van der Waals surface area contributed by atoms with Crippen LogP contribution in [0.15, 0.2) is 121 Å². The van der Waals surface area contributed by atoms with Crippen LogP contribution in [0.2, 0.25) is 0 Å². The summed E-state index contributed by atoms with van der Waals surface area (Å²) in [5, 5.41) is 2.97. The zero-order valence-corrected chi connectivity index (χ0v) is 18.8. The molecule has 0 aromatic heterocycles. The first kappa shape index (κ1) is 21.9. The van der Waals surface area contributed by atoms with Crippen LogP contribution in [0.1, 0.15) is 22.3 Å². The molecule has 0 bridgehead atoms. The van der Waals surface area contributed by atoms with Gasteiger partial charge in [0.15, 0.2) is 0 Å². The van der Waals surface area contributed by atoms with Crippen LogP contribution in [0, 0.1) is 0 Å². The van der Waals surface area contributed by atoms with Crippen LogP contribution in [0.4, 0.5) is 4.79 Å². The van der Waals surface area contributed by atoms with Gasteiger partial charge in [0.05, 0.1) is 12.6 Å². The van der Waals surface area contributed by atoms with E-state index in [0.717, 1.165) is 22.3 Å². The Kier molecular flexibility index (Phi) is 6.41. The molecule has 1 N–H and O–H groups in total. The van der Waals surface area contributed by atoms with E-state index >= 15 is 0 Å². The molecule has 1 saturated heterocycles. The normalized spacial score (nSPS) is 17.7. The van der Waals surface area contributed by atoms with Gasteiger partial charge in [-0.15, -0.1) is 0 Å². The van der Waals surface area contributed by atoms with Gasteiger partial charge in [-0.1, -0.05) is 121 Å². The Morgan fingerprint density at radius 1 is 0.676 bits per heavy atom. The van der Waals surface area contributed by atoms with Crippen molar-refractivity contribution in [3.63, 3.8) is 0 Å². The van der Waals surface area contributed by atoms with Crippen molar-refractivity contribution in [2.75, 3.05) is 6.61 Å². The lowest BCUT2D eigenvalue weighted by Crippen LogP contribution is -2.40. The van der Waals surface area contributed by atoms with Crippen LogP contribution in [0.3, 0.4) is 0 Å². The third-order valence-electron chi connectivity index (χ3n) is 6.31. The molecular formula is C30H27NO3. The summed E-state index contributed by atoms with van der Waals surface area (Å²) in [5.74, 6) is 0. The monoisotopic (exact) mass is 449 g/mol. The average Bonchev–Trinajstić information content (AvgIpc) is 3.25. The Hall–Kier alpha value is -3.89. The molecular weight excluding hydrogens is 422 g/mol. The van der Waals surface area contributed by atoms with Crippen molar-refractivity contribution in [2.45, 2.75) is 24.2 Å². The highest BCUT2D eigenvalue weighted by Crippen LogP contribution is 2.40. The molecule has 1 aliphatic heterocycles. The zero-order chi connectivity index (χ0) is 23.2. The van der Waals surface area contributed by atoms with E-state index in [2.05, 4.69) is 53.8 Å². The fourth-order valence-electron chi connectivity index (χ4n) is 4.67. The number of alkyl carbamates (subject to hydrolysis) is 1. The molecule has 1 amide bonds. The topological polar surface area (TPSA) is 47.6 Å². The molecule has 4 heteroatoms. The highest BCUT2D eigenvalue weighted by Gasteiger charge is 2.41. The average molecular weight is 450 g/mol. The predicted molar refractivity (Wildman–Crippen MR) is 132 cm³/mol. The maximum Gasteiger partial charge on any atom is 0.407 e. The molecule has 2 unspecified atom stereocenters. The van der Waals surface area contributed by atoms with Crippen molar-refractivity contribution in [2.24, 2.45) is 0 Å². The van der Waals surface area contributed by atoms with Gasteiger partial charge in [-0.25, -0.2) is 4.79 Å². The number of nitrogens with one attached hydrogen (secondary N) is 1. The lowest BCUT2D eigenvalue weighted by molar-refractivity contribution is -0.0363. The second-order valence-electron chi connectivity index (χ2n) is 8.47. The molecule has 4 nitrogen and oxygen atoms in total. The predicted octanol–water partition coefficient (Wildman–Crippen LogP) is 5.71. The van der Waals surface area contributed by atoms with Crippen LogP contribution >= 0.6 is 0 Å². The Balaban J connectivity index is 1.52. The molecule has 1 fully saturated rings. The van der Waals surface area contributed by atoms with E-state index in [4.69, 9.17) is 9.47 Å². The Labute approximate surface area is 200 Å². The minimum Gasteiger partial charge on any atom is -0.442 e. The largest absolute Gasteiger partial charge is 0.442 e. The molecule has 1 heterocycles. The number of rotatable bonds is 8. The van der Waals surface area contributed by atoms with Gasteiger partial charge in [-0.2, -0.15) is 0 Å². The first-order valence-corrected chi connectivity index (χ1v) is 11.6. The van der Waals surface area contributed by atoms with Gasteiger partial charge in [0.2, 0.25) is 0 Å². The van der Waals surface area contributed by atoms with Gasteiger partial charge in [0.1, 0.15) is 11.7 Å². The van der Waals surface area contributed by atoms with Crippen molar-refractivity contribution in [1.82, 2.24) is 5.32 Å². The van der Waals surface area contributed by atoms with E-state index in [1.54, 1.807) is 0 Å². The summed E-state index contributed by atoms with van der Waals surface area (Å²) in [5.41, 5.74) is 3.34. The summed E-state index contributed by atoms with van der Waals surface area (Å²) in [7, 11) is 0. The van der Waals surface area contributed by atoms with Crippen LogP contribution in [-0.2, 0) is 21.5 Å². The van der Waals surface area contributed by atoms with Gasteiger partial charge in [0.25, 0.3) is 0 Å². The number of hydrogen-bond acceptors (Lipinski definition) is 3. The van der Waals surface area contributed by atoms with Crippen LogP contribution < -0.4 is 5.32 Å². The summed E-state index contributed by atoms with van der Waals surface area (Å²) in [6, 6.07) is 40.6. The van der Waals surface area contributed by atoms with Crippen molar-refractivity contribution in [3.8, 4) is 0 Å². The maximum absolute atomic E-state index is 12.2. The second kappa shape index (κ2) is 9.94. The zero-order valence-electron chi connectivity index (χ0n) is 18.8. The lowest BCUT2D eigenvalue weighted by atomic mass is 9.80. The molecule has 5 rings (SSSR count). The smallest absolute Gasteiger partial charge is 0.407 e. The number of benzene rings is 4. The first-order valence-electron chi connectivity index (χ1n) is 11.6. The summed E-state index contributed by atoms with van der Waals surface area (Å²) in [6.45, 7) is 0.245. The van der Waals surface area contributed by atoms with E-state index in [9.17, 15) is 4.79 Å². The van der Waals surface area contributed by atoms with Gasteiger partial charge >= 0.3 is 6.09 Å². The van der Waals surface area contributed by atoms with E-state index in [-0.39, 0.29) is 12.6 Å². The molecule has 0 saturated carbocycles. The van der Waals surface area contributed by atoms with Gasteiger partial charge in [-0.05, 0) is 28.7 Å². The number of cyclic esters (lactones) is 1. The van der Waals surface area contributed by atoms with Crippen LogP contribution in [0.25, 0.3) is 0 Å². The van der Waals surface area contributed by atoms with Crippen molar-refractivity contribution in [3.05, 3.63) is 144 Å². The van der Waals surface area contributed by atoms with E-state index in [1.165, 1.54) is 0 Å².